The van der Waals surface area contributed by atoms with E-state index in [-0.39, 0.29) is 0 Å². The van der Waals surface area contributed by atoms with Gasteiger partial charge in [-0.15, -0.1) is 0 Å². The third-order valence-electron chi connectivity index (χ3n) is 10.9. The summed E-state index contributed by atoms with van der Waals surface area (Å²) in [7, 11) is 0. The van der Waals surface area contributed by atoms with Crippen LogP contribution in [0.3, 0.4) is 0 Å². The summed E-state index contributed by atoms with van der Waals surface area (Å²) in [4.78, 5) is 0. The topological polar surface area (TPSA) is 25.3 Å². The van der Waals surface area contributed by atoms with Crippen LogP contribution in [0, 0.1) is 0 Å². The number of aryl methyl sites for hydroxylation is 4. The van der Waals surface area contributed by atoms with Gasteiger partial charge in [-0.3, -0.25) is 0 Å². The fraction of sp³-hybridized carbons (Fsp3) is 0.692. The van der Waals surface area contributed by atoms with Crippen LogP contribution in [-0.2, 0) is 40.1 Å². The molecule has 55 heavy (non-hydrogen) atoms. The van der Waals surface area contributed by atoms with Crippen LogP contribution in [0.5, 0.6) is 0 Å². The molecule has 2 nitrogen and oxygen atoms in total. The number of allylic oxidation sites excluding steroid dienone is 2. The van der Waals surface area contributed by atoms with E-state index in [0.29, 0.717) is 0 Å². The maximum absolute atomic E-state index is 12.5. The molecule has 3 rings (SSSR count). The maximum atomic E-state index is 12.5. The van der Waals surface area contributed by atoms with E-state index < -0.39 is 0 Å². The number of hydrogen-bond acceptors (Lipinski definition) is 0. The van der Waals surface area contributed by atoms with Gasteiger partial charge in [0.1, 0.15) is 0 Å². The Morgan fingerprint density at radius 1 is 0.364 bits per heavy atom. The average Bonchev–Trinajstić information content (AvgIpc) is 3.46. The Labute approximate surface area is 348 Å². The van der Waals surface area contributed by atoms with Gasteiger partial charge in [-0.1, -0.05) is 131 Å². The third kappa shape index (κ3) is 18.4. The predicted octanol–water partition coefficient (Wildman–Crippen LogP) is 17.7. The molecule has 0 bridgehead atoms. The molecular weight excluding hydrogens is 711 g/mol. The average molecular weight is 798 g/mol. The number of unbranched alkanes of at least 4 members (excludes halogenated alkanes) is 12. The molecule has 0 atom stereocenters. The van der Waals surface area contributed by atoms with Gasteiger partial charge in [0.05, 0.1) is 0 Å². The molecule has 0 aromatic heterocycles. The van der Waals surface area contributed by atoms with Crippen molar-refractivity contribution < 1.29 is 19.1 Å². The molecule has 2 aromatic rings. The summed E-state index contributed by atoms with van der Waals surface area (Å²) >= 11 is 1.90. The molecule has 0 aliphatic carbocycles. The first-order chi connectivity index (χ1) is 26.9. The monoisotopic (exact) mass is 797 g/mol. The number of benzene rings is 2. The van der Waals surface area contributed by atoms with E-state index in [9.17, 15) is 5.53 Å². The van der Waals surface area contributed by atoms with Gasteiger partial charge in [0.25, 0.3) is 0 Å². The van der Waals surface area contributed by atoms with Gasteiger partial charge in [0.15, 0.2) is 0 Å². The second-order valence-corrected chi connectivity index (χ2v) is 17.7. The molecule has 3 heteroatoms. The molecule has 1 heterocycles. The first kappa shape index (κ1) is 49.2. The van der Waals surface area contributed by atoms with E-state index in [1.54, 1.807) is 4.70 Å². The van der Waals surface area contributed by atoms with Gasteiger partial charge in [0, 0.05) is 22.3 Å². The predicted molar refractivity (Wildman–Crippen MR) is 242 cm³/mol. The Kier molecular flexibility index (Phi) is 27.8. The van der Waals surface area contributed by atoms with Gasteiger partial charge in [0.2, 0.25) is 11.4 Å². The normalized spacial score (nSPS) is 13.0. The van der Waals surface area contributed by atoms with E-state index in [4.69, 9.17) is 0 Å². The van der Waals surface area contributed by atoms with Crippen molar-refractivity contribution in [1.29, 1.82) is 0 Å². The van der Waals surface area contributed by atoms with Crippen LogP contribution in [0.2, 0.25) is 10.8 Å². The first-order valence-electron chi connectivity index (χ1n) is 23.6. The van der Waals surface area contributed by atoms with Crippen LogP contribution in [0.25, 0.3) is 16.9 Å². The quantitative estimate of drug-likeness (QED) is 0.0427. The Hall–Kier alpha value is -1.99. The van der Waals surface area contributed by atoms with Crippen LogP contribution in [0.4, 0.5) is 0 Å². The van der Waals surface area contributed by atoms with E-state index in [0.717, 1.165) is 49.9 Å². The van der Waals surface area contributed by atoms with Crippen molar-refractivity contribution in [2.45, 2.75) is 233 Å². The van der Waals surface area contributed by atoms with Crippen LogP contribution in [0.15, 0.2) is 47.5 Å². The zero-order valence-electron chi connectivity index (χ0n) is 37.5. The summed E-state index contributed by atoms with van der Waals surface area (Å²) in [6, 6.07) is 14.7. The minimum absolute atomic E-state index is 1.04. The van der Waals surface area contributed by atoms with Crippen molar-refractivity contribution in [1.82, 2.24) is 0 Å². The fourth-order valence-corrected chi connectivity index (χ4v) is 8.83. The minimum atomic E-state index is 1.04. The molecule has 1 aliphatic heterocycles. The summed E-state index contributed by atoms with van der Waals surface area (Å²) in [6.45, 7) is 18.2. The third-order valence-corrected chi connectivity index (χ3v) is 12.6. The van der Waals surface area contributed by atoms with Crippen molar-refractivity contribution in [3.8, 4) is 0 Å². The summed E-state index contributed by atoms with van der Waals surface area (Å²) in [5.41, 5.74) is 25.7. The first-order valence-corrected chi connectivity index (χ1v) is 25.0. The summed E-state index contributed by atoms with van der Waals surface area (Å²) in [5.74, 6) is 0. The second kappa shape index (κ2) is 31.1. The van der Waals surface area contributed by atoms with Gasteiger partial charge < -0.3 is 5.53 Å². The van der Waals surface area contributed by atoms with Crippen molar-refractivity contribution in [2.24, 2.45) is 0 Å². The van der Waals surface area contributed by atoms with Crippen LogP contribution < -0.4 is 0 Å². The molecule has 0 fully saturated rings. The number of rotatable bonds is 30. The molecule has 314 valence electrons. The summed E-state index contributed by atoms with van der Waals surface area (Å²) in [6.07, 6.45) is 31.5. The van der Waals surface area contributed by atoms with Crippen molar-refractivity contribution in [3.63, 3.8) is 0 Å². The SMILES string of the molecule is CCCCCC1=C(c2cc(CCCCC)cc(CCCCC)c2)[N+](=[N-])C(c2cc(CCCCC)cc(CCCCC)c2)=C1CCCCC.CC[CH2][Ni][CH2]CC. The van der Waals surface area contributed by atoms with E-state index >= 15 is 0 Å². The zero-order valence-corrected chi connectivity index (χ0v) is 38.5. The van der Waals surface area contributed by atoms with E-state index in [1.165, 1.54) is 184 Å². The summed E-state index contributed by atoms with van der Waals surface area (Å²) < 4.78 is 1.67. The zero-order chi connectivity index (χ0) is 40.1. The molecule has 0 radical (unpaired) electrons. The molecule has 1 aliphatic rings. The number of nitrogens with zero attached hydrogens (tertiary/aromatic N) is 2. The van der Waals surface area contributed by atoms with Gasteiger partial charge in [-0.05, 0) is 124 Å². The molecule has 0 amide bonds. The Balaban J connectivity index is 0.00000136. The molecule has 0 N–H and O–H groups in total. The molecule has 0 saturated carbocycles. The molecule has 2 aromatic carbocycles. The Bertz CT molecular complexity index is 1240. The van der Waals surface area contributed by atoms with Crippen LogP contribution in [-0.4, -0.2) is 4.70 Å². The van der Waals surface area contributed by atoms with Gasteiger partial charge >= 0.3 is 51.9 Å². The van der Waals surface area contributed by atoms with Gasteiger partial charge in [-0.25, -0.2) is 4.70 Å². The van der Waals surface area contributed by atoms with Crippen molar-refractivity contribution in [2.75, 3.05) is 0 Å². The van der Waals surface area contributed by atoms with Gasteiger partial charge in [-0.2, -0.15) is 0 Å². The van der Waals surface area contributed by atoms with Crippen LogP contribution >= 0.6 is 0 Å². The standard InChI is InChI=1S/C46H72N2.2C3H7.Ni/c1-7-13-19-25-37-31-38(26-20-14-8-2)34-41(33-37)45-43(29-23-17-11-5)44(30-24-18-12-6)46(48(45)47)42-35-39(27-21-15-9-3)32-40(36-42)28-22-16-10-4;2*1-3-2;/h31-36H,7-30H2,1-6H3;2*1,3H2,2H3;. The molecular formula is C52H86N2Ni. The Morgan fingerprint density at radius 2 is 0.636 bits per heavy atom. The number of hydrogen-bond donors (Lipinski definition) is 0. The molecule has 0 unspecified atom stereocenters. The second-order valence-electron chi connectivity index (χ2n) is 16.3. The molecule has 0 spiro atoms. The molecule has 0 saturated heterocycles. The summed E-state index contributed by atoms with van der Waals surface area (Å²) in [5, 5.41) is 2.72. The van der Waals surface area contributed by atoms with E-state index in [1.807, 2.05) is 14.4 Å². The fourth-order valence-electron chi connectivity index (χ4n) is 7.88. The van der Waals surface area contributed by atoms with E-state index in [2.05, 4.69) is 91.8 Å². The Morgan fingerprint density at radius 3 is 0.891 bits per heavy atom. The van der Waals surface area contributed by atoms with Crippen molar-refractivity contribution >= 4 is 11.4 Å². The van der Waals surface area contributed by atoms with Crippen molar-refractivity contribution in [3.05, 3.63) is 86.5 Å². The van der Waals surface area contributed by atoms with Crippen LogP contribution in [0.1, 0.15) is 230 Å².